The standard InChI is InChI=1S/C17H20BrN5O/c1-21(2)15-11-16(20-19-12-15)22-7-9-23(10-8-22)17(24)13-3-5-14(18)6-4-13/h3-6,11-12H,7-10H2,1-2H3. The zero-order valence-electron chi connectivity index (χ0n) is 13.8. The first-order valence-corrected chi connectivity index (χ1v) is 8.64. The average molecular weight is 390 g/mol. The van der Waals surface area contributed by atoms with Gasteiger partial charge in [0.2, 0.25) is 0 Å². The van der Waals surface area contributed by atoms with Crippen LogP contribution >= 0.6 is 15.9 Å². The Balaban J connectivity index is 1.64. The molecule has 1 fully saturated rings. The van der Waals surface area contributed by atoms with Gasteiger partial charge in [-0.2, -0.15) is 5.10 Å². The van der Waals surface area contributed by atoms with Crippen molar-refractivity contribution in [2.45, 2.75) is 0 Å². The fourth-order valence-electron chi connectivity index (χ4n) is 2.66. The quantitative estimate of drug-likeness (QED) is 0.805. The van der Waals surface area contributed by atoms with Gasteiger partial charge in [-0.3, -0.25) is 4.79 Å². The summed E-state index contributed by atoms with van der Waals surface area (Å²) in [6, 6.07) is 9.52. The van der Waals surface area contributed by atoms with Crippen LogP contribution in [-0.2, 0) is 0 Å². The van der Waals surface area contributed by atoms with Crippen LogP contribution < -0.4 is 9.80 Å². The predicted octanol–water partition coefficient (Wildman–Crippen LogP) is 2.27. The van der Waals surface area contributed by atoms with Crippen LogP contribution in [0.2, 0.25) is 0 Å². The van der Waals surface area contributed by atoms with Crippen molar-refractivity contribution in [3.05, 3.63) is 46.6 Å². The number of hydrogen-bond acceptors (Lipinski definition) is 5. The summed E-state index contributed by atoms with van der Waals surface area (Å²) < 4.78 is 0.975. The molecule has 2 heterocycles. The van der Waals surface area contributed by atoms with E-state index in [1.165, 1.54) is 0 Å². The summed E-state index contributed by atoms with van der Waals surface area (Å²) in [4.78, 5) is 18.6. The maximum absolute atomic E-state index is 12.6. The van der Waals surface area contributed by atoms with Crippen molar-refractivity contribution in [1.29, 1.82) is 0 Å². The summed E-state index contributed by atoms with van der Waals surface area (Å²) in [5, 5.41) is 8.30. The molecule has 6 nitrogen and oxygen atoms in total. The maximum atomic E-state index is 12.6. The molecule has 0 N–H and O–H groups in total. The third-order valence-electron chi connectivity index (χ3n) is 4.13. The highest BCUT2D eigenvalue weighted by atomic mass is 79.9. The fraction of sp³-hybridized carbons (Fsp3) is 0.353. The van der Waals surface area contributed by atoms with E-state index >= 15 is 0 Å². The normalized spacial score (nSPS) is 14.6. The largest absolute Gasteiger partial charge is 0.376 e. The summed E-state index contributed by atoms with van der Waals surface area (Å²) in [5.74, 6) is 0.937. The van der Waals surface area contributed by atoms with Gasteiger partial charge in [0, 0.05) is 56.4 Å². The van der Waals surface area contributed by atoms with Gasteiger partial charge in [-0.15, -0.1) is 5.10 Å². The summed E-state index contributed by atoms with van der Waals surface area (Å²) in [7, 11) is 3.96. The Morgan fingerprint density at radius 1 is 1.12 bits per heavy atom. The lowest BCUT2D eigenvalue weighted by Crippen LogP contribution is -2.49. The van der Waals surface area contributed by atoms with E-state index in [0.717, 1.165) is 34.6 Å². The summed E-state index contributed by atoms with van der Waals surface area (Å²) in [5.41, 5.74) is 1.74. The maximum Gasteiger partial charge on any atom is 0.253 e. The van der Waals surface area contributed by atoms with Crippen LogP contribution in [0.4, 0.5) is 11.5 Å². The number of carbonyl (C=O) groups is 1. The van der Waals surface area contributed by atoms with Crippen LogP contribution in [0.25, 0.3) is 0 Å². The molecule has 0 spiro atoms. The number of hydrogen-bond donors (Lipinski definition) is 0. The highest BCUT2D eigenvalue weighted by molar-refractivity contribution is 9.10. The van der Waals surface area contributed by atoms with Gasteiger partial charge in [0.05, 0.1) is 11.9 Å². The monoisotopic (exact) mass is 389 g/mol. The molecule has 0 saturated carbocycles. The molecule has 2 aromatic rings. The molecule has 1 aliphatic rings. The highest BCUT2D eigenvalue weighted by Crippen LogP contribution is 2.19. The second-order valence-corrected chi connectivity index (χ2v) is 6.87. The lowest BCUT2D eigenvalue weighted by molar-refractivity contribution is 0.0746. The van der Waals surface area contributed by atoms with Gasteiger partial charge in [0.25, 0.3) is 5.91 Å². The van der Waals surface area contributed by atoms with E-state index in [2.05, 4.69) is 31.0 Å². The first kappa shape index (κ1) is 16.7. The smallest absolute Gasteiger partial charge is 0.253 e. The third kappa shape index (κ3) is 3.67. The summed E-state index contributed by atoms with van der Waals surface area (Å²) in [6.07, 6.45) is 1.75. The molecule has 1 aromatic heterocycles. The molecule has 0 aliphatic carbocycles. The van der Waals surface area contributed by atoms with Crippen molar-refractivity contribution in [2.24, 2.45) is 0 Å². The van der Waals surface area contributed by atoms with Crippen LogP contribution in [0.1, 0.15) is 10.4 Å². The molecular formula is C17H20BrN5O. The first-order valence-electron chi connectivity index (χ1n) is 7.84. The molecule has 0 radical (unpaired) electrons. The lowest BCUT2D eigenvalue weighted by atomic mass is 10.2. The molecule has 7 heteroatoms. The minimum Gasteiger partial charge on any atom is -0.376 e. The Morgan fingerprint density at radius 2 is 1.79 bits per heavy atom. The molecule has 3 rings (SSSR count). The van der Waals surface area contributed by atoms with E-state index in [1.54, 1.807) is 6.20 Å². The second kappa shape index (κ2) is 7.17. The average Bonchev–Trinajstić information content (AvgIpc) is 2.62. The minimum absolute atomic E-state index is 0.0790. The van der Waals surface area contributed by atoms with Gasteiger partial charge in [-0.1, -0.05) is 15.9 Å². The van der Waals surface area contributed by atoms with Crippen LogP contribution in [0.5, 0.6) is 0 Å². The Labute approximate surface area is 150 Å². The van der Waals surface area contributed by atoms with Crippen molar-refractivity contribution in [2.75, 3.05) is 50.1 Å². The fourth-order valence-corrected chi connectivity index (χ4v) is 2.92. The minimum atomic E-state index is 0.0790. The Morgan fingerprint density at radius 3 is 2.42 bits per heavy atom. The number of carbonyl (C=O) groups excluding carboxylic acids is 1. The molecule has 1 saturated heterocycles. The number of benzene rings is 1. The molecule has 24 heavy (non-hydrogen) atoms. The van der Waals surface area contributed by atoms with E-state index in [4.69, 9.17) is 0 Å². The van der Waals surface area contributed by atoms with Crippen molar-refractivity contribution >= 4 is 33.3 Å². The zero-order valence-corrected chi connectivity index (χ0v) is 15.4. The van der Waals surface area contributed by atoms with Gasteiger partial charge in [-0.25, -0.2) is 0 Å². The molecule has 1 aliphatic heterocycles. The highest BCUT2D eigenvalue weighted by Gasteiger charge is 2.23. The van der Waals surface area contributed by atoms with Crippen molar-refractivity contribution in [3.8, 4) is 0 Å². The van der Waals surface area contributed by atoms with E-state index < -0.39 is 0 Å². The van der Waals surface area contributed by atoms with E-state index in [0.29, 0.717) is 13.1 Å². The number of halogens is 1. The molecule has 0 atom stereocenters. The number of aromatic nitrogens is 2. The van der Waals surface area contributed by atoms with Gasteiger partial charge in [0.15, 0.2) is 5.82 Å². The number of rotatable bonds is 3. The Kier molecular flexibility index (Phi) is 4.99. The molecular weight excluding hydrogens is 370 g/mol. The Hall–Kier alpha value is -2.15. The summed E-state index contributed by atoms with van der Waals surface area (Å²) >= 11 is 3.39. The molecule has 0 unspecified atom stereocenters. The van der Waals surface area contributed by atoms with Gasteiger partial charge >= 0.3 is 0 Å². The van der Waals surface area contributed by atoms with Crippen LogP contribution in [0.15, 0.2) is 41.0 Å². The molecule has 126 valence electrons. The number of nitrogens with zero attached hydrogens (tertiary/aromatic N) is 5. The SMILES string of the molecule is CN(C)c1cnnc(N2CCN(C(=O)c3ccc(Br)cc3)CC2)c1. The van der Waals surface area contributed by atoms with Gasteiger partial charge in [-0.05, 0) is 24.3 Å². The van der Waals surface area contributed by atoms with Crippen LogP contribution in [0, 0.1) is 0 Å². The second-order valence-electron chi connectivity index (χ2n) is 5.95. The topological polar surface area (TPSA) is 52.6 Å². The predicted molar refractivity (Wildman–Crippen MR) is 98.6 cm³/mol. The number of amides is 1. The van der Waals surface area contributed by atoms with Gasteiger partial charge < -0.3 is 14.7 Å². The van der Waals surface area contributed by atoms with E-state index in [1.807, 2.05) is 54.2 Å². The van der Waals surface area contributed by atoms with Crippen molar-refractivity contribution in [1.82, 2.24) is 15.1 Å². The number of anilines is 2. The van der Waals surface area contributed by atoms with E-state index in [-0.39, 0.29) is 5.91 Å². The van der Waals surface area contributed by atoms with Gasteiger partial charge in [0.1, 0.15) is 0 Å². The van der Waals surface area contributed by atoms with Crippen LogP contribution in [-0.4, -0.2) is 61.3 Å². The number of piperazine rings is 1. The van der Waals surface area contributed by atoms with E-state index in [9.17, 15) is 4.79 Å². The molecule has 0 bridgehead atoms. The molecule has 1 aromatic carbocycles. The first-order chi connectivity index (χ1) is 11.5. The van der Waals surface area contributed by atoms with Crippen LogP contribution in [0.3, 0.4) is 0 Å². The zero-order chi connectivity index (χ0) is 17.1. The summed E-state index contributed by atoms with van der Waals surface area (Å²) in [6.45, 7) is 2.88. The third-order valence-corrected chi connectivity index (χ3v) is 4.65. The van der Waals surface area contributed by atoms with Crippen molar-refractivity contribution in [3.63, 3.8) is 0 Å². The van der Waals surface area contributed by atoms with Crippen molar-refractivity contribution < 1.29 is 4.79 Å². The lowest BCUT2D eigenvalue weighted by Gasteiger charge is -2.35. The molecule has 1 amide bonds. The Bertz CT molecular complexity index is 711.